The predicted octanol–water partition coefficient (Wildman–Crippen LogP) is 3.20. The fourth-order valence-corrected chi connectivity index (χ4v) is 1.69. The first-order valence-electron chi connectivity index (χ1n) is 5.74. The van der Waals surface area contributed by atoms with Crippen LogP contribution in [0.3, 0.4) is 0 Å². The molecule has 1 N–H and O–H groups in total. The molecule has 0 amide bonds. The first kappa shape index (κ1) is 14.3. The summed E-state index contributed by atoms with van der Waals surface area (Å²) in [6, 6.07) is 5.29. The van der Waals surface area contributed by atoms with Crippen LogP contribution in [0.25, 0.3) is 0 Å². The van der Waals surface area contributed by atoms with Gasteiger partial charge in [-0.3, -0.25) is 0 Å². The summed E-state index contributed by atoms with van der Waals surface area (Å²) in [5.74, 6) is 0.696. The topological polar surface area (TPSA) is 38.7 Å². The highest BCUT2D eigenvalue weighted by molar-refractivity contribution is 6.30. The first-order chi connectivity index (χ1) is 8.15. The summed E-state index contributed by atoms with van der Waals surface area (Å²) in [4.78, 5) is 0. The molecule has 96 valence electrons. The van der Waals surface area contributed by atoms with E-state index in [2.05, 4.69) is 0 Å². The van der Waals surface area contributed by atoms with Crippen molar-refractivity contribution < 1.29 is 14.6 Å². The Kier molecular flexibility index (Phi) is 6.34. The van der Waals surface area contributed by atoms with E-state index in [1.165, 1.54) is 0 Å². The molecule has 0 heterocycles. The number of hydrogen-bond acceptors (Lipinski definition) is 3. The van der Waals surface area contributed by atoms with Gasteiger partial charge in [0, 0.05) is 24.3 Å². The highest BCUT2D eigenvalue weighted by atomic mass is 35.5. The summed E-state index contributed by atoms with van der Waals surface area (Å²) in [6.45, 7) is 3.06. The van der Waals surface area contributed by atoms with E-state index in [-0.39, 0.29) is 0 Å². The van der Waals surface area contributed by atoms with Gasteiger partial charge in [0.1, 0.15) is 5.75 Å². The molecule has 1 rings (SSSR count). The molecule has 1 unspecified atom stereocenters. The third-order valence-corrected chi connectivity index (χ3v) is 2.66. The quantitative estimate of drug-likeness (QED) is 0.764. The molecule has 0 aromatic heterocycles. The van der Waals surface area contributed by atoms with Crippen molar-refractivity contribution >= 4 is 11.6 Å². The van der Waals surface area contributed by atoms with E-state index in [1.807, 2.05) is 0 Å². The molecule has 1 aromatic carbocycles. The van der Waals surface area contributed by atoms with Gasteiger partial charge in [-0.1, -0.05) is 11.6 Å². The zero-order valence-corrected chi connectivity index (χ0v) is 11.0. The van der Waals surface area contributed by atoms with Gasteiger partial charge in [0.15, 0.2) is 0 Å². The van der Waals surface area contributed by atoms with Gasteiger partial charge in [0.25, 0.3) is 0 Å². The fraction of sp³-hybridized carbons (Fsp3) is 0.538. The van der Waals surface area contributed by atoms with Crippen molar-refractivity contribution in [3.63, 3.8) is 0 Å². The Morgan fingerprint density at radius 3 is 2.65 bits per heavy atom. The highest BCUT2D eigenvalue weighted by Crippen LogP contribution is 2.28. The van der Waals surface area contributed by atoms with Gasteiger partial charge in [-0.2, -0.15) is 0 Å². The number of benzene rings is 1. The summed E-state index contributed by atoms with van der Waals surface area (Å²) in [5, 5.41) is 10.2. The molecule has 0 bridgehead atoms. The van der Waals surface area contributed by atoms with Gasteiger partial charge < -0.3 is 14.6 Å². The lowest BCUT2D eigenvalue weighted by molar-refractivity contribution is 0.178. The summed E-state index contributed by atoms with van der Waals surface area (Å²) in [5.41, 5.74) is 0.726. The number of methoxy groups -OCH3 is 1. The number of aliphatic hydroxyl groups is 1. The van der Waals surface area contributed by atoms with Crippen molar-refractivity contribution in [1.29, 1.82) is 0 Å². The smallest absolute Gasteiger partial charge is 0.125 e. The SMILES string of the molecule is COCCCCOc1ccc(Cl)cc1C(C)O. The summed E-state index contributed by atoms with van der Waals surface area (Å²) >= 11 is 5.88. The molecule has 1 atom stereocenters. The molecule has 0 spiro atoms. The van der Waals surface area contributed by atoms with Crippen LogP contribution in [-0.2, 0) is 4.74 Å². The van der Waals surface area contributed by atoms with Crippen LogP contribution in [-0.4, -0.2) is 25.4 Å². The Hall–Kier alpha value is -0.770. The zero-order valence-electron chi connectivity index (χ0n) is 10.3. The van der Waals surface area contributed by atoms with Crippen molar-refractivity contribution in [2.24, 2.45) is 0 Å². The average molecular weight is 259 g/mol. The molecule has 0 saturated heterocycles. The number of hydrogen-bond donors (Lipinski definition) is 1. The van der Waals surface area contributed by atoms with Crippen LogP contribution in [0, 0.1) is 0 Å². The maximum absolute atomic E-state index is 9.61. The van der Waals surface area contributed by atoms with E-state index in [4.69, 9.17) is 21.1 Å². The molecule has 0 radical (unpaired) electrons. The lowest BCUT2D eigenvalue weighted by Gasteiger charge is -2.13. The van der Waals surface area contributed by atoms with Gasteiger partial charge in [-0.15, -0.1) is 0 Å². The van der Waals surface area contributed by atoms with Gasteiger partial charge >= 0.3 is 0 Å². The second-order valence-electron chi connectivity index (χ2n) is 3.91. The summed E-state index contributed by atoms with van der Waals surface area (Å²) in [6.07, 6.45) is 1.31. The molecule has 4 heteroatoms. The minimum Gasteiger partial charge on any atom is -0.493 e. The van der Waals surface area contributed by atoms with Crippen LogP contribution in [0.15, 0.2) is 18.2 Å². The second kappa shape index (κ2) is 7.54. The molecule has 0 aliphatic heterocycles. The van der Waals surface area contributed by atoms with E-state index < -0.39 is 6.10 Å². The second-order valence-corrected chi connectivity index (χ2v) is 4.34. The highest BCUT2D eigenvalue weighted by Gasteiger charge is 2.09. The maximum atomic E-state index is 9.61. The van der Waals surface area contributed by atoms with Crippen LogP contribution in [0.5, 0.6) is 5.75 Å². The van der Waals surface area contributed by atoms with Crippen molar-refractivity contribution in [2.75, 3.05) is 20.3 Å². The Labute approximate surface area is 107 Å². The summed E-state index contributed by atoms with van der Waals surface area (Å²) < 4.78 is 10.6. The Morgan fingerprint density at radius 1 is 1.29 bits per heavy atom. The van der Waals surface area contributed by atoms with Crippen LogP contribution in [0.2, 0.25) is 5.02 Å². The number of halogens is 1. The summed E-state index contributed by atoms with van der Waals surface area (Å²) in [7, 11) is 1.69. The van der Waals surface area contributed by atoms with Gasteiger partial charge in [-0.05, 0) is 38.0 Å². The molecule has 17 heavy (non-hydrogen) atoms. The molecule has 0 aliphatic rings. The average Bonchev–Trinajstić information content (AvgIpc) is 2.30. The maximum Gasteiger partial charge on any atom is 0.125 e. The van der Waals surface area contributed by atoms with Crippen LogP contribution in [0.4, 0.5) is 0 Å². The van der Waals surface area contributed by atoms with E-state index in [9.17, 15) is 5.11 Å². The van der Waals surface area contributed by atoms with Crippen molar-refractivity contribution in [3.8, 4) is 5.75 Å². The Morgan fingerprint density at radius 2 is 2.00 bits per heavy atom. The van der Waals surface area contributed by atoms with E-state index >= 15 is 0 Å². The molecule has 0 saturated carbocycles. The zero-order chi connectivity index (χ0) is 12.7. The van der Waals surface area contributed by atoms with E-state index in [1.54, 1.807) is 32.2 Å². The number of ether oxygens (including phenoxy) is 2. The molecule has 3 nitrogen and oxygen atoms in total. The lowest BCUT2D eigenvalue weighted by Crippen LogP contribution is -2.03. The van der Waals surface area contributed by atoms with Gasteiger partial charge in [0.2, 0.25) is 0 Å². The molecular formula is C13H19ClO3. The molecule has 1 aromatic rings. The monoisotopic (exact) mass is 258 g/mol. The normalized spacial score (nSPS) is 12.5. The van der Waals surface area contributed by atoms with Crippen LogP contribution < -0.4 is 4.74 Å². The predicted molar refractivity (Wildman–Crippen MR) is 68.7 cm³/mol. The van der Waals surface area contributed by atoms with Gasteiger partial charge in [0.05, 0.1) is 12.7 Å². The van der Waals surface area contributed by atoms with E-state index in [0.29, 0.717) is 17.4 Å². The molecule has 0 fully saturated rings. The fourth-order valence-electron chi connectivity index (χ4n) is 1.51. The number of unbranched alkanes of at least 4 members (excludes halogenated alkanes) is 1. The van der Waals surface area contributed by atoms with Crippen molar-refractivity contribution in [2.45, 2.75) is 25.9 Å². The van der Waals surface area contributed by atoms with Crippen molar-refractivity contribution in [1.82, 2.24) is 0 Å². The van der Waals surface area contributed by atoms with Crippen LogP contribution >= 0.6 is 11.6 Å². The minimum absolute atomic E-state index is 0.581. The third kappa shape index (κ3) is 4.94. The Balaban J connectivity index is 2.52. The van der Waals surface area contributed by atoms with Crippen LogP contribution in [0.1, 0.15) is 31.4 Å². The van der Waals surface area contributed by atoms with Crippen molar-refractivity contribution in [3.05, 3.63) is 28.8 Å². The Bertz CT molecular complexity index is 339. The number of rotatable bonds is 7. The lowest BCUT2D eigenvalue weighted by atomic mass is 10.1. The van der Waals surface area contributed by atoms with E-state index in [0.717, 1.165) is 25.0 Å². The standard InChI is InChI=1S/C13H19ClO3/c1-10(15)12-9-11(14)5-6-13(12)17-8-4-3-7-16-2/h5-6,9-10,15H,3-4,7-8H2,1-2H3. The minimum atomic E-state index is -0.581. The number of aliphatic hydroxyl groups excluding tert-OH is 1. The third-order valence-electron chi connectivity index (χ3n) is 2.42. The van der Waals surface area contributed by atoms with Gasteiger partial charge in [-0.25, -0.2) is 0 Å². The largest absolute Gasteiger partial charge is 0.493 e. The molecule has 0 aliphatic carbocycles. The first-order valence-corrected chi connectivity index (χ1v) is 6.12. The molecular weight excluding hydrogens is 240 g/mol.